The Hall–Kier alpha value is -2.10. The summed E-state index contributed by atoms with van der Waals surface area (Å²) in [5.74, 6) is 0.156. The van der Waals surface area contributed by atoms with Crippen molar-refractivity contribution in [2.75, 3.05) is 38.6 Å². The highest BCUT2D eigenvalue weighted by atomic mass is 32.2. The molecule has 2 aliphatic rings. The Morgan fingerprint density at radius 1 is 1.14 bits per heavy atom. The van der Waals surface area contributed by atoms with E-state index in [4.69, 9.17) is 4.98 Å². The molecule has 3 heterocycles. The fraction of sp³-hybridized carbons (Fsp3) is 0.500. The Balaban J connectivity index is 1.80. The standard InChI is InChI=1S/C20H26FN5O2S/c1-24(2)20-22-14-17(15-7-5-8-16(21)13-15)19(23-20)18-9-6-12-26(18)29(27,28)25-10-3-4-11-25/h5,7-8,13-14,18H,3-4,6,9-12H2,1-2H3. The number of rotatable bonds is 5. The van der Waals surface area contributed by atoms with Gasteiger partial charge in [-0.2, -0.15) is 17.0 Å². The van der Waals surface area contributed by atoms with E-state index >= 15 is 0 Å². The summed E-state index contributed by atoms with van der Waals surface area (Å²) in [5, 5.41) is 0. The molecule has 0 N–H and O–H groups in total. The number of halogens is 1. The Labute approximate surface area is 171 Å². The third kappa shape index (κ3) is 3.86. The first kappa shape index (κ1) is 20.2. The van der Waals surface area contributed by atoms with Crippen LogP contribution >= 0.6 is 0 Å². The van der Waals surface area contributed by atoms with Crippen LogP contribution in [0.2, 0.25) is 0 Å². The number of anilines is 1. The minimum absolute atomic E-state index is 0.349. The highest BCUT2D eigenvalue weighted by Gasteiger charge is 2.41. The molecule has 4 rings (SSSR count). The smallest absolute Gasteiger partial charge is 0.282 e. The molecular formula is C20H26FN5O2S. The summed E-state index contributed by atoms with van der Waals surface area (Å²) in [6.07, 6.45) is 4.90. The third-order valence-electron chi connectivity index (χ3n) is 5.55. The molecule has 1 aromatic carbocycles. The second-order valence-electron chi connectivity index (χ2n) is 7.76. The lowest BCUT2D eigenvalue weighted by Crippen LogP contribution is -2.42. The van der Waals surface area contributed by atoms with Crippen LogP contribution in [-0.4, -0.2) is 60.7 Å². The van der Waals surface area contributed by atoms with Crippen molar-refractivity contribution in [2.45, 2.75) is 31.7 Å². The van der Waals surface area contributed by atoms with Gasteiger partial charge in [0.2, 0.25) is 5.95 Å². The highest BCUT2D eigenvalue weighted by molar-refractivity contribution is 7.86. The molecule has 2 saturated heterocycles. The molecule has 2 fully saturated rings. The molecule has 0 bridgehead atoms. The maximum atomic E-state index is 13.9. The molecule has 156 valence electrons. The Bertz CT molecular complexity index is 992. The minimum Gasteiger partial charge on any atom is -0.347 e. The molecule has 2 aliphatic heterocycles. The normalized spacial score (nSPS) is 21.0. The van der Waals surface area contributed by atoms with Crippen molar-refractivity contribution >= 4 is 16.2 Å². The molecule has 1 unspecified atom stereocenters. The number of hydrogen-bond donors (Lipinski definition) is 0. The van der Waals surface area contributed by atoms with Gasteiger partial charge in [-0.1, -0.05) is 12.1 Å². The Morgan fingerprint density at radius 3 is 2.59 bits per heavy atom. The van der Waals surface area contributed by atoms with E-state index in [1.807, 2.05) is 14.1 Å². The van der Waals surface area contributed by atoms with Crippen molar-refractivity contribution in [1.82, 2.24) is 18.6 Å². The van der Waals surface area contributed by atoms with Crippen LogP contribution in [0.25, 0.3) is 11.1 Å². The van der Waals surface area contributed by atoms with Gasteiger partial charge in [-0.15, -0.1) is 0 Å². The molecule has 9 heteroatoms. The molecule has 2 aromatic rings. The summed E-state index contributed by atoms with van der Waals surface area (Å²) in [5.41, 5.74) is 1.95. The van der Waals surface area contributed by atoms with Crippen LogP contribution in [0, 0.1) is 5.82 Å². The third-order valence-corrected chi connectivity index (χ3v) is 7.60. The van der Waals surface area contributed by atoms with E-state index in [1.54, 1.807) is 31.8 Å². The van der Waals surface area contributed by atoms with Crippen LogP contribution in [0.15, 0.2) is 30.5 Å². The van der Waals surface area contributed by atoms with Crippen LogP contribution in [-0.2, 0) is 10.2 Å². The summed E-state index contributed by atoms with van der Waals surface area (Å²) in [7, 11) is 0.126. The zero-order chi connectivity index (χ0) is 20.6. The maximum absolute atomic E-state index is 13.9. The molecule has 0 saturated carbocycles. The zero-order valence-electron chi connectivity index (χ0n) is 16.8. The van der Waals surface area contributed by atoms with Crippen LogP contribution in [0.3, 0.4) is 0 Å². The summed E-state index contributed by atoms with van der Waals surface area (Å²) in [6.45, 7) is 1.59. The lowest BCUT2D eigenvalue weighted by atomic mass is 10.0. The fourth-order valence-electron chi connectivity index (χ4n) is 4.09. The average Bonchev–Trinajstić information content (AvgIpc) is 3.40. The monoisotopic (exact) mass is 419 g/mol. The molecule has 0 spiro atoms. The van der Waals surface area contributed by atoms with Crippen LogP contribution < -0.4 is 4.90 Å². The zero-order valence-corrected chi connectivity index (χ0v) is 17.6. The number of benzene rings is 1. The van der Waals surface area contributed by atoms with Gasteiger partial charge < -0.3 is 4.90 Å². The van der Waals surface area contributed by atoms with Gasteiger partial charge in [-0.3, -0.25) is 0 Å². The first-order valence-corrected chi connectivity index (χ1v) is 11.3. The molecule has 0 aliphatic carbocycles. The van der Waals surface area contributed by atoms with Crippen LogP contribution in [0.1, 0.15) is 37.4 Å². The predicted molar refractivity (Wildman–Crippen MR) is 110 cm³/mol. The van der Waals surface area contributed by atoms with E-state index in [2.05, 4.69) is 4.98 Å². The van der Waals surface area contributed by atoms with E-state index in [1.165, 1.54) is 12.1 Å². The number of nitrogens with zero attached hydrogens (tertiary/aromatic N) is 5. The van der Waals surface area contributed by atoms with E-state index in [9.17, 15) is 12.8 Å². The lowest BCUT2D eigenvalue weighted by Gasteiger charge is -2.29. The summed E-state index contributed by atoms with van der Waals surface area (Å²) < 4.78 is 43.6. The van der Waals surface area contributed by atoms with Gasteiger partial charge in [-0.25, -0.2) is 14.4 Å². The molecule has 0 radical (unpaired) electrons. The van der Waals surface area contributed by atoms with E-state index < -0.39 is 10.2 Å². The van der Waals surface area contributed by atoms with Gasteiger partial charge in [0.15, 0.2) is 0 Å². The van der Waals surface area contributed by atoms with Gasteiger partial charge >= 0.3 is 0 Å². The average molecular weight is 420 g/mol. The van der Waals surface area contributed by atoms with Gasteiger partial charge in [0.05, 0.1) is 11.7 Å². The molecule has 29 heavy (non-hydrogen) atoms. The van der Waals surface area contributed by atoms with Crippen LogP contribution in [0.4, 0.5) is 10.3 Å². The number of hydrogen-bond acceptors (Lipinski definition) is 5. The van der Waals surface area contributed by atoms with Crippen molar-refractivity contribution in [3.05, 3.63) is 42.0 Å². The fourth-order valence-corrected chi connectivity index (χ4v) is 5.99. The lowest BCUT2D eigenvalue weighted by molar-refractivity contribution is 0.345. The van der Waals surface area contributed by atoms with Gasteiger partial charge in [0, 0.05) is 45.5 Å². The van der Waals surface area contributed by atoms with E-state index in [-0.39, 0.29) is 11.9 Å². The molecule has 7 nitrogen and oxygen atoms in total. The van der Waals surface area contributed by atoms with Crippen molar-refractivity contribution in [1.29, 1.82) is 0 Å². The highest BCUT2D eigenvalue weighted by Crippen LogP contribution is 2.39. The number of aromatic nitrogens is 2. The van der Waals surface area contributed by atoms with Crippen molar-refractivity contribution in [3.63, 3.8) is 0 Å². The van der Waals surface area contributed by atoms with Crippen molar-refractivity contribution in [3.8, 4) is 11.1 Å². The van der Waals surface area contributed by atoms with Crippen molar-refractivity contribution < 1.29 is 12.8 Å². The van der Waals surface area contributed by atoms with Gasteiger partial charge in [0.25, 0.3) is 10.2 Å². The molecule has 1 atom stereocenters. The summed E-state index contributed by atoms with van der Waals surface area (Å²) in [4.78, 5) is 10.9. The van der Waals surface area contributed by atoms with Crippen molar-refractivity contribution in [2.24, 2.45) is 0 Å². The quantitative estimate of drug-likeness (QED) is 0.745. The van der Waals surface area contributed by atoms with E-state index in [0.29, 0.717) is 48.8 Å². The molecule has 0 amide bonds. The van der Waals surface area contributed by atoms with Gasteiger partial charge in [0.1, 0.15) is 5.82 Å². The SMILES string of the molecule is CN(C)c1ncc(-c2cccc(F)c2)c(C2CCCN2S(=O)(=O)N2CCCC2)n1. The second-order valence-corrected chi connectivity index (χ2v) is 9.64. The largest absolute Gasteiger partial charge is 0.347 e. The van der Waals surface area contributed by atoms with Crippen LogP contribution in [0.5, 0.6) is 0 Å². The van der Waals surface area contributed by atoms with E-state index in [0.717, 1.165) is 19.3 Å². The first-order chi connectivity index (χ1) is 13.9. The topological polar surface area (TPSA) is 69.6 Å². The first-order valence-electron chi connectivity index (χ1n) is 9.95. The molecular weight excluding hydrogens is 393 g/mol. The molecule has 1 aromatic heterocycles. The second kappa shape index (κ2) is 7.97. The Morgan fingerprint density at radius 2 is 1.90 bits per heavy atom. The summed E-state index contributed by atoms with van der Waals surface area (Å²) in [6, 6.07) is 5.88. The minimum atomic E-state index is -3.56. The van der Waals surface area contributed by atoms with Gasteiger partial charge in [-0.05, 0) is 43.4 Å². The Kier molecular flexibility index (Phi) is 5.54. The predicted octanol–water partition coefficient (Wildman–Crippen LogP) is 2.83. The maximum Gasteiger partial charge on any atom is 0.282 e. The summed E-state index contributed by atoms with van der Waals surface area (Å²) >= 11 is 0.